The highest BCUT2D eigenvalue weighted by atomic mass is 79.9. The number of aromatic nitrogens is 4. The van der Waals surface area contributed by atoms with Crippen LogP contribution in [0.4, 0.5) is 0 Å². The van der Waals surface area contributed by atoms with Gasteiger partial charge in [-0.2, -0.15) is 5.10 Å². The second kappa shape index (κ2) is 4.89. The molecule has 6 nitrogen and oxygen atoms in total. The van der Waals surface area contributed by atoms with E-state index in [-0.39, 0.29) is 0 Å². The van der Waals surface area contributed by atoms with E-state index >= 15 is 0 Å². The lowest BCUT2D eigenvalue weighted by Crippen LogP contribution is -2.41. The summed E-state index contributed by atoms with van der Waals surface area (Å²) in [6, 6.07) is 0. The normalized spacial score (nSPS) is 20.0. The fourth-order valence-corrected chi connectivity index (χ4v) is 2.27. The first kappa shape index (κ1) is 14.7. The van der Waals surface area contributed by atoms with Gasteiger partial charge in [0.2, 0.25) is 0 Å². The Hall–Kier alpha value is -1.25. The Morgan fingerprint density at radius 2 is 1.76 bits per heavy atom. The first-order chi connectivity index (χ1) is 9.78. The maximum Gasteiger partial charge on any atom is 0.516 e. The van der Waals surface area contributed by atoms with E-state index in [1.807, 2.05) is 33.9 Å². The molecule has 1 saturated heterocycles. The molecule has 21 heavy (non-hydrogen) atoms. The molecule has 0 saturated carbocycles. The highest BCUT2D eigenvalue weighted by Gasteiger charge is 2.52. The minimum Gasteiger partial charge on any atom is -0.398 e. The third kappa shape index (κ3) is 2.63. The average molecular weight is 351 g/mol. The Balaban J connectivity index is 1.91. The van der Waals surface area contributed by atoms with Crippen LogP contribution < -0.4 is 5.59 Å². The molecule has 0 unspecified atom stereocenters. The number of hydrogen-bond acceptors (Lipinski definition) is 5. The quantitative estimate of drug-likeness (QED) is 0.772. The van der Waals surface area contributed by atoms with E-state index in [1.165, 1.54) is 0 Å². The summed E-state index contributed by atoms with van der Waals surface area (Å²) >= 11 is 3.36. The first-order valence-corrected chi connectivity index (χ1v) is 7.46. The van der Waals surface area contributed by atoms with E-state index in [0.717, 1.165) is 4.47 Å². The topological polar surface area (TPSA) is 62.1 Å². The predicted molar refractivity (Wildman–Crippen MR) is 82.6 cm³/mol. The summed E-state index contributed by atoms with van der Waals surface area (Å²) in [4.78, 5) is 8.75. The molecule has 1 fully saturated rings. The molecular weight excluding hydrogens is 335 g/mol. The Labute approximate surface area is 132 Å². The molecule has 3 rings (SSSR count). The number of hydrogen-bond donors (Lipinski definition) is 0. The second-order valence-electron chi connectivity index (χ2n) is 5.99. The van der Waals surface area contributed by atoms with E-state index in [1.54, 1.807) is 23.3 Å². The smallest absolute Gasteiger partial charge is 0.398 e. The van der Waals surface area contributed by atoms with Crippen molar-refractivity contribution in [2.45, 2.75) is 38.9 Å². The largest absolute Gasteiger partial charge is 0.516 e. The molecule has 0 aromatic carbocycles. The van der Waals surface area contributed by atoms with Gasteiger partial charge in [0.25, 0.3) is 0 Å². The Kier molecular flexibility index (Phi) is 3.42. The fraction of sp³-hybridized carbons (Fsp3) is 0.462. The van der Waals surface area contributed by atoms with Crippen molar-refractivity contribution in [2.24, 2.45) is 0 Å². The summed E-state index contributed by atoms with van der Waals surface area (Å²) in [6.45, 7) is 8.04. The highest BCUT2D eigenvalue weighted by Crippen LogP contribution is 2.36. The zero-order chi connectivity index (χ0) is 15.3. The monoisotopic (exact) mass is 350 g/mol. The minimum absolute atomic E-state index is 0.399. The molecule has 110 valence electrons. The van der Waals surface area contributed by atoms with Crippen molar-refractivity contribution < 1.29 is 9.31 Å². The van der Waals surface area contributed by atoms with Crippen LogP contribution in [0.5, 0.6) is 0 Å². The molecule has 0 radical (unpaired) electrons. The summed E-state index contributed by atoms with van der Waals surface area (Å²) in [6.07, 6.45) is 6.82. The van der Waals surface area contributed by atoms with E-state index in [2.05, 4.69) is 31.0 Å². The van der Waals surface area contributed by atoms with Crippen LogP contribution >= 0.6 is 15.9 Å². The number of nitrogens with zero attached hydrogens (tertiary/aromatic N) is 4. The van der Waals surface area contributed by atoms with Gasteiger partial charge in [0.1, 0.15) is 0 Å². The van der Waals surface area contributed by atoms with Gasteiger partial charge in [0.05, 0.1) is 33.7 Å². The third-order valence-electron chi connectivity index (χ3n) is 3.92. The molecule has 1 aliphatic rings. The average Bonchev–Trinajstić information content (AvgIpc) is 2.92. The minimum atomic E-state index is -0.526. The van der Waals surface area contributed by atoms with Gasteiger partial charge in [-0.05, 0) is 43.6 Å². The molecule has 0 amide bonds. The molecule has 1 aliphatic heterocycles. The van der Waals surface area contributed by atoms with Crippen LogP contribution in [0.2, 0.25) is 0 Å². The molecular formula is C13H16BBrN4O2. The SMILES string of the molecule is CC1(C)OB(c2cncc(-n3cc(Br)cn3)n2)OC1(C)C. The fourth-order valence-electron chi connectivity index (χ4n) is 1.98. The van der Waals surface area contributed by atoms with E-state index in [9.17, 15) is 0 Å². The van der Waals surface area contributed by atoms with E-state index in [0.29, 0.717) is 11.4 Å². The Morgan fingerprint density at radius 1 is 1.10 bits per heavy atom. The van der Waals surface area contributed by atoms with Crippen molar-refractivity contribution in [2.75, 3.05) is 0 Å². The van der Waals surface area contributed by atoms with Crippen molar-refractivity contribution in [1.82, 2.24) is 19.7 Å². The standard InChI is InChI=1S/C13H16BBrN4O2/c1-12(2)13(3,4)21-14(20-12)10-6-16-7-11(18-10)19-8-9(15)5-17-19/h5-8H,1-4H3. The lowest BCUT2D eigenvalue weighted by molar-refractivity contribution is 0.00578. The zero-order valence-corrected chi connectivity index (χ0v) is 14.0. The van der Waals surface area contributed by atoms with Crippen molar-refractivity contribution in [1.29, 1.82) is 0 Å². The zero-order valence-electron chi connectivity index (χ0n) is 12.4. The predicted octanol–water partition coefficient (Wildman–Crippen LogP) is 1.72. The van der Waals surface area contributed by atoms with Crippen LogP contribution in [0.25, 0.3) is 5.82 Å². The Morgan fingerprint density at radius 3 is 2.33 bits per heavy atom. The number of halogens is 1. The van der Waals surface area contributed by atoms with Crippen LogP contribution in [0, 0.1) is 0 Å². The summed E-state index contributed by atoms with van der Waals surface area (Å²) in [5.41, 5.74) is -0.161. The summed E-state index contributed by atoms with van der Waals surface area (Å²) in [5.74, 6) is 0.618. The molecule has 8 heteroatoms. The lowest BCUT2D eigenvalue weighted by Gasteiger charge is -2.32. The molecule has 0 N–H and O–H groups in total. The van der Waals surface area contributed by atoms with Crippen LogP contribution in [-0.2, 0) is 9.31 Å². The van der Waals surface area contributed by atoms with Crippen molar-refractivity contribution in [3.63, 3.8) is 0 Å². The molecule has 0 spiro atoms. The van der Waals surface area contributed by atoms with E-state index in [4.69, 9.17) is 9.31 Å². The molecule has 3 heterocycles. The lowest BCUT2D eigenvalue weighted by atomic mass is 9.85. The Bertz CT molecular complexity index is 658. The van der Waals surface area contributed by atoms with Gasteiger partial charge < -0.3 is 9.31 Å². The summed E-state index contributed by atoms with van der Waals surface area (Å²) < 4.78 is 14.5. The molecule has 2 aromatic heterocycles. The van der Waals surface area contributed by atoms with Gasteiger partial charge >= 0.3 is 7.12 Å². The van der Waals surface area contributed by atoms with Crippen LogP contribution in [0.3, 0.4) is 0 Å². The summed E-state index contributed by atoms with van der Waals surface area (Å²) in [7, 11) is -0.526. The van der Waals surface area contributed by atoms with Gasteiger partial charge in [-0.3, -0.25) is 4.98 Å². The van der Waals surface area contributed by atoms with Gasteiger partial charge in [-0.25, -0.2) is 9.67 Å². The van der Waals surface area contributed by atoms with Gasteiger partial charge in [-0.15, -0.1) is 0 Å². The van der Waals surface area contributed by atoms with E-state index < -0.39 is 18.3 Å². The number of rotatable bonds is 2. The molecule has 0 atom stereocenters. The second-order valence-corrected chi connectivity index (χ2v) is 6.91. The highest BCUT2D eigenvalue weighted by molar-refractivity contribution is 9.10. The molecule has 0 aliphatic carbocycles. The molecule has 2 aromatic rings. The maximum atomic E-state index is 5.98. The maximum absolute atomic E-state index is 5.98. The van der Waals surface area contributed by atoms with Gasteiger partial charge in [0, 0.05) is 12.4 Å². The third-order valence-corrected chi connectivity index (χ3v) is 4.33. The van der Waals surface area contributed by atoms with Crippen LogP contribution in [0.1, 0.15) is 27.7 Å². The van der Waals surface area contributed by atoms with Crippen LogP contribution in [0.15, 0.2) is 29.3 Å². The first-order valence-electron chi connectivity index (χ1n) is 6.67. The van der Waals surface area contributed by atoms with Crippen molar-refractivity contribution >= 4 is 28.6 Å². The molecule has 0 bridgehead atoms. The summed E-state index contributed by atoms with van der Waals surface area (Å²) in [5, 5.41) is 4.20. The van der Waals surface area contributed by atoms with Gasteiger partial charge in [0.15, 0.2) is 5.82 Å². The van der Waals surface area contributed by atoms with Crippen molar-refractivity contribution in [3.05, 3.63) is 29.3 Å². The van der Waals surface area contributed by atoms with Crippen LogP contribution in [-0.4, -0.2) is 38.1 Å². The van der Waals surface area contributed by atoms with Gasteiger partial charge in [-0.1, -0.05) is 0 Å². The van der Waals surface area contributed by atoms with Crippen molar-refractivity contribution in [3.8, 4) is 5.82 Å².